The van der Waals surface area contributed by atoms with Crippen LogP contribution in [0.25, 0.3) is 0 Å². The molecule has 0 amide bonds. The number of nitrogens with zero attached hydrogens (tertiary/aromatic N) is 1. The van der Waals surface area contributed by atoms with Gasteiger partial charge in [-0.05, 0) is 18.9 Å². The Bertz CT molecular complexity index is 351. The van der Waals surface area contributed by atoms with Gasteiger partial charge in [0, 0.05) is 5.75 Å². The largest absolute Gasteiger partial charge is 1.00 e. The van der Waals surface area contributed by atoms with Gasteiger partial charge in [0.1, 0.15) is 5.15 Å². The zero-order valence-corrected chi connectivity index (χ0v) is 10.8. The maximum Gasteiger partial charge on any atom is 1.00 e. The molecular weight excluding hydrogens is 246 g/mol. The maximum atomic E-state index is 10.3. The molecule has 1 rings (SSSR count). The fraction of sp³-hybridized carbons (Fsp3) is 0.167. The van der Waals surface area contributed by atoms with E-state index in [9.17, 15) is 14.4 Å². The van der Waals surface area contributed by atoms with Crippen molar-refractivity contribution < 1.29 is 52.1 Å². The van der Waals surface area contributed by atoms with E-state index in [2.05, 4.69) is 4.98 Å². The third-order valence-electron chi connectivity index (χ3n) is 1.14. The smallest absolute Gasteiger partial charge is 0.803 e. The van der Waals surface area contributed by atoms with Crippen LogP contribution in [0.1, 0.15) is 5.69 Å². The number of hydrogen-bond donors (Lipinski definition) is 0. The van der Waals surface area contributed by atoms with Gasteiger partial charge in [-0.25, -0.2) is 4.98 Å². The predicted molar refractivity (Wildman–Crippen MR) is 48.1 cm³/mol. The Hall–Kier alpha value is 1.13. The molecule has 1 aromatic rings. The molecule has 0 saturated heterocycles. The van der Waals surface area contributed by atoms with E-state index in [0.717, 1.165) is 0 Å². The molecule has 0 N–H and O–H groups in total. The molecule has 1 heterocycles. The van der Waals surface area contributed by atoms with Gasteiger partial charge in [-0.3, -0.25) is 0 Å². The SMILES string of the molecule is O=P([O-])([O-])SCc1cccc(Cl)n1.[Li+].[Li+]. The first-order valence-electron chi connectivity index (χ1n) is 3.25. The van der Waals surface area contributed by atoms with Crippen molar-refractivity contribution in [1.29, 1.82) is 0 Å². The summed E-state index contributed by atoms with van der Waals surface area (Å²) < 4.78 is 10.3. The van der Waals surface area contributed by atoms with Crippen LogP contribution < -0.4 is 47.5 Å². The van der Waals surface area contributed by atoms with Crippen molar-refractivity contribution in [2.24, 2.45) is 0 Å². The zero-order valence-electron chi connectivity index (χ0n) is 8.34. The number of hydrogen-bond acceptors (Lipinski definition) is 5. The van der Waals surface area contributed by atoms with E-state index >= 15 is 0 Å². The molecule has 72 valence electrons. The number of halogens is 1. The van der Waals surface area contributed by atoms with Crippen LogP contribution >= 0.6 is 29.8 Å². The second-order valence-corrected chi connectivity index (χ2v) is 6.12. The van der Waals surface area contributed by atoms with Crippen molar-refractivity contribution in [3.8, 4) is 0 Å². The third-order valence-corrected chi connectivity index (χ3v) is 3.43. The van der Waals surface area contributed by atoms with E-state index in [4.69, 9.17) is 11.6 Å². The molecule has 0 aliphatic rings. The van der Waals surface area contributed by atoms with Gasteiger partial charge in [-0.1, -0.05) is 17.7 Å². The fourth-order valence-corrected chi connectivity index (χ4v) is 2.18. The molecule has 0 aliphatic carbocycles. The third kappa shape index (κ3) is 8.89. The van der Waals surface area contributed by atoms with Crippen LogP contribution in [0, 0.1) is 0 Å². The van der Waals surface area contributed by atoms with Crippen LogP contribution in [0.2, 0.25) is 5.15 Å². The summed E-state index contributed by atoms with van der Waals surface area (Å²) in [5.41, 5.74) is 0.476. The maximum absolute atomic E-state index is 10.3. The zero-order chi connectivity index (χ0) is 9.90. The minimum atomic E-state index is -4.51. The summed E-state index contributed by atoms with van der Waals surface area (Å²) in [7, 11) is 0. The number of pyridine rings is 1. The molecule has 0 saturated carbocycles. The predicted octanol–water partition coefficient (Wildman–Crippen LogP) is -5.20. The van der Waals surface area contributed by atoms with Crippen LogP contribution in [0.3, 0.4) is 0 Å². The normalized spacial score (nSPS) is 10.1. The summed E-state index contributed by atoms with van der Waals surface area (Å²) >= 11 is 5.87. The van der Waals surface area contributed by atoms with Crippen molar-refractivity contribution in [2.75, 3.05) is 0 Å². The molecule has 1 aromatic heterocycles. The molecule has 15 heavy (non-hydrogen) atoms. The summed E-state index contributed by atoms with van der Waals surface area (Å²) in [4.78, 5) is 24.3. The second-order valence-electron chi connectivity index (χ2n) is 2.17. The van der Waals surface area contributed by atoms with Crippen LogP contribution in [-0.2, 0) is 10.3 Å². The van der Waals surface area contributed by atoms with Crippen LogP contribution in [-0.4, -0.2) is 4.98 Å². The van der Waals surface area contributed by atoms with Crippen LogP contribution in [0.15, 0.2) is 18.2 Å². The molecule has 0 radical (unpaired) electrons. The van der Waals surface area contributed by atoms with E-state index in [1.165, 1.54) is 0 Å². The molecular formula is C6H5ClLi2NO3PS. The van der Waals surface area contributed by atoms with Gasteiger partial charge in [0.2, 0.25) is 0 Å². The molecule has 0 unspecified atom stereocenters. The minimum Gasteiger partial charge on any atom is -0.803 e. The Morgan fingerprint density at radius 3 is 2.47 bits per heavy atom. The van der Waals surface area contributed by atoms with E-state index < -0.39 is 6.80 Å². The molecule has 0 fully saturated rings. The van der Waals surface area contributed by atoms with Crippen molar-refractivity contribution in [3.05, 3.63) is 29.0 Å². The first-order chi connectivity index (χ1) is 5.97. The molecule has 0 atom stereocenters. The summed E-state index contributed by atoms with van der Waals surface area (Å²) in [5.74, 6) is 0.0326. The molecule has 0 bridgehead atoms. The molecule has 4 nitrogen and oxygen atoms in total. The Balaban J connectivity index is 0. The molecule has 0 aromatic carbocycles. The van der Waals surface area contributed by atoms with Crippen LogP contribution in [0.4, 0.5) is 0 Å². The average molecular weight is 251 g/mol. The Kier molecular flexibility index (Phi) is 10.2. The van der Waals surface area contributed by atoms with E-state index in [0.29, 0.717) is 17.1 Å². The summed E-state index contributed by atoms with van der Waals surface area (Å²) in [6.45, 7) is -4.51. The van der Waals surface area contributed by atoms with Gasteiger partial charge in [-0.2, -0.15) is 0 Å². The van der Waals surface area contributed by atoms with E-state index in [-0.39, 0.29) is 48.6 Å². The van der Waals surface area contributed by atoms with Crippen molar-refractivity contribution in [3.63, 3.8) is 0 Å². The Morgan fingerprint density at radius 2 is 2.00 bits per heavy atom. The molecule has 0 aliphatic heterocycles. The van der Waals surface area contributed by atoms with Crippen LogP contribution in [0.5, 0.6) is 0 Å². The number of rotatable bonds is 3. The first-order valence-corrected chi connectivity index (χ1v) is 6.76. The van der Waals surface area contributed by atoms with Gasteiger partial charge in [-0.15, -0.1) is 11.4 Å². The monoisotopic (exact) mass is 251 g/mol. The summed E-state index contributed by atoms with van der Waals surface area (Å²) in [6, 6.07) is 4.82. The first kappa shape index (κ1) is 18.5. The Labute approximate surface area is 121 Å². The van der Waals surface area contributed by atoms with Gasteiger partial charge >= 0.3 is 37.7 Å². The average Bonchev–Trinajstić information content (AvgIpc) is 2.00. The summed E-state index contributed by atoms with van der Waals surface area (Å²) in [5, 5.41) is 0.282. The topological polar surface area (TPSA) is 76.1 Å². The number of aromatic nitrogens is 1. The van der Waals surface area contributed by atoms with Crippen molar-refractivity contribution >= 4 is 29.8 Å². The van der Waals surface area contributed by atoms with Gasteiger partial charge in [0.05, 0.1) is 5.69 Å². The standard InChI is InChI=1S/C6H7ClNO3PS.2Li/c7-6-3-1-2-5(8-6)4-13-12(9,10)11;;/h1-3H,4H2,(H2,9,10,11);;/q;2*+1/p-2. The summed E-state index contributed by atoms with van der Waals surface area (Å²) in [6.07, 6.45) is 0. The second kappa shape index (κ2) is 8.26. The van der Waals surface area contributed by atoms with Gasteiger partial charge < -0.3 is 14.4 Å². The molecule has 9 heteroatoms. The minimum absolute atomic E-state index is 0. The fourth-order valence-electron chi connectivity index (χ4n) is 0.676. The van der Waals surface area contributed by atoms with Crippen molar-refractivity contribution in [2.45, 2.75) is 5.75 Å². The van der Waals surface area contributed by atoms with E-state index in [1.807, 2.05) is 0 Å². The quantitative estimate of drug-likeness (QED) is 0.305. The van der Waals surface area contributed by atoms with Gasteiger partial charge in [0.15, 0.2) is 0 Å². The van der Waals surface area contributed by atoms with Crippen molar-refractivity contribution in [1.82, 2.24) is 4.98 Å². The van der Waals surface area contributed by atoms with Gasteiger partial charge in [0.25, 0.3) is 0 Å². The Morgan fingerprint density at radius 1 is 1.40 bits per heavy atom. The molecule has 0 spiro atoms. The van der Waals surface area contributed by atoms with E-state index in [1.54, 1.807) is 18.2 Å².